The second-order valence-electron chi connectivity index (χ2n) is 6.75. The predicted molar refractivity (Wildman–Crippen MR) is 102 cm³/mol. The number of primary amides is 1. The normalized spacial score (nSPS) is 15.2. The van der Waals surface area contributed by atoms with Crippen LogP contribution in [0.4, 0.5) is 0 Å². The van der Waals surface area contributed by atoms with E-state index in [1.54, 1.807) is 6.07 Å². The molecule has 1 aromatic heterocycles. The lowest BCUT2D eigenvalue weighted by Crippen LogP contribution is -2.48. The first kappa shape index (κ1) is 17.2. The van der Waals surface area contributed by atoms with Gasteiger partial charge in [-0.15, -0.1) is 0 Å². The molecule has 0 atom stereocenters. The lowest BCUT2D eigenvalue weighted by atomic mass is 10.1. The Morgan fingerprint density at radius 3 is 2.59 bits per heavy atom. The molecule has 1 fully saturated rings. The molecule has 0 aliphatic carbocycles. The van der Waals surface area contributed by atoms with Crippen LogP contribution in [0.5, 0.6) is 0 Å². The summed E-state index contributed by atoms with van der Waals surface area (Å²) in [7, 11) is 0. The topological polar surface area (TPSA) is 95.3 Å². The smallest absolute Gasteiger partial charge is 0.275 e. The van der Waals surface area contributed by atoms with Crippen LogP contribution >= 0.6 is 0 Å². The number of aromatic amines is 1. The second kappa shape index (κ2) is 7.20. The van der Waals surface area contributed by atoms with Gasteiger partial charge in [-0.1, -0.05) is 30.3 Å². The molecular formula is C20H21N5O2. The van der Waals surface area contributed by atoms with Crippen LogP contribution in [0.3, 0.4) is 0 Å². The highest BCUT2D eigenvalue weighted by Gasteiger charge is 2.25. The molecule has 2 amide bonds. The van der Waals surface area contributed by atoms with Gasteiger partial charge in [0.15, 0.2) is 5.69 Å². The van der Waals surface area contributed by atoms with Crippen molar-refractivity contribution in [1.82, 2.24) is 20.0 Å². The minimum atomic E-state index is -0.418. The molecule has 2 heterocycles. The van der Waals surface area contributed by atoms with Crippen LogP contribution in [0, 0.1) is 0 Å². The molecule has 7 heteroatoms. The number of benzene rings is 2. The number of carbonyl (C=O) groups is 2. The molecule has 3 aromatic rings. The fourth-order valence-electron chi connectivity index (χ4n) is 3.47. The first-order valence-electron chi connectivity index (χ1n) is 8.95. The van der Waals surface area contributed by atoms with Crippen LogP contribution in [-0.2, 0) is 6.54 Å². The summed E-state index contributed by atoms with van der Waals surface area (Å²) in [6.45, 7) is 3.57. The van der Waals surface area contributed by atoms with Crippen molar-refractivity contribution in [2.75, 3.05) is 26.2 Å². The van der Waals surface area contributed by atoms with Crippen molar-refractivity contribution in [1.29, 1.82) is 0 Å². The maximum absolute atomic E-state index is 12.8. The van der Waals surface area contributed by atoms with Crippen LogP contribution in [0.2, 0.25) is 0 Å². The molecule has 3 N–H and O–H groups in total. The zero-order valence-corrected chi connectivity index (χ0v) is 14.9. The van der Waals surface area contributed by atoms with E-state index in [1.807, 2.05) is 47.4 Å². The summed E-state index contributed by atoms with van der Waals surface area (Å²) in [4.78, 5) is 28.3. The molecule has 1 aliphatic rings. The highest BCUT2D eigenvalue weighted by atomic mass is 16.2. The van der Waals surface area contributed by atoms with Crippen molar-refractivity contribution >= 4 is 22.7 Å². The molecule has 0 saturated carbocycles. The number of nitrogens with one attached hydrogen (secondary N) is 1. The fraction of sp³-hybridized carbons (Fsp3) is 0.250. The summed E-state index contributed by atoms with van der Waals surface area (Å²) in [6.07, 6.45) is 0. The Labute approximate surface area is 156 Å². The number of piperazine rings is 1. The molecule has 7 nitrogen and oxygen atoms in total. The van der Waals surface area contributed by atoms with Gasteiger partial charge in [-0.25, -0.2) is 0 Å². The number of hydrogen-bond donors (Lipinski definition) is 2. The molecule has 1 saturated heterocycles. The molecule has 138 valence electrons. The quantitative estimate of drug-likeness (QED) is 0.736. The van der Waals surface area contributed by atoms with Crippen molar-refractivity contribution in [2.45, 2.75) is 6.54 Å². The Balaban J connectivity index is 1.39. The lowest BCUT2D eigenvalue weighted by Gasteiger charge is -2.34. The van der Waals surface area contributed by atoms with Crippen molar-refractivity contribution in [3.63, 3.8) is 0 Å². The van der Waals surface area contributed by atoms with E-state index >= 15 is 0 Å². The largest absolute Gasteiger partial charge is 0.366 e. The summed E-state index contributed by atoms with van der Waals surface area (Å²) in [5.74, 6) is -0.457. The van der Waals surface area contributed by atoms with E-state index in [0.717, 1.165) is 36.1 Å². The number of hydrogen-bond acceptors (Lipinski definition) is 4. The van der Waals surface area contributed by atoms with Gasteiger partial charge < -0.3 is 10.6 Å². The molecule has 0 spiro atoms. The van der Waals surface area contributed by atoms with Crippen molar-refractivity contribution in [2.24, 2.45) is 5.73 Å². The third-order valence-corrected chi connectivity index (χ3v) is 4.95. The standard InChI is InChI=1S/C20H21N5O2/c21-19(26)15-5-3-4-14(12-15)13-24-8-10-25(11-9-24)20(27)18-16-6-1-2-7-17(16)22-23-18/h1-7,12H,8-11,13H2,(H2,21,26)(H,22,23). The van der Waals surface area contributed by atoms with Crippen LogP contribution in [0.1, 0.15) is 26.4 Å². The molecule has 4 rings (SSSR count). The molecule has 2 aromatic carbocycles. The Morgan fingerprint density at radius 1 is 1.04 bits per heavy atom. The van der Waals surface area contributed by atoms with E-state index in [1.165, 1.54) is 0 Å². The van der Waals surface area contributed by atoms with Gasteiger partial charge in [-0.3, -0.25) is 19.6 Å². The maximum atomic E-state index is 12.8. The first-order valence-corrected chi connectivity index (χ1v) is 8.95. The highest BCUT2D eigenvalue weighted by molar-refractivity contribution is 6.04. The molecule has 0 bridgehead atoms. The summed E-state index contributed by atoms with van der Waals surface area (Å²) in [6, 6.07) is 15.0. The van der Waals surface area contributed by atoms with E-state index in [9.17, 15) is 9.59 Å². The van der Waals surface area contributed by atoms with Crippen LogP contribution < -0.4 is 5.73 Å². The highest BCUT2D eigenvalue weighted by Crippen LogP contribution is 2.18. The number of nitrogens with two attached hydrogens (primary N) is 1. The van der Waals surface area contributed by atoms with E-state index in [4.69, 9.17) is 5.73 Å². The molecule has 0 radical (unpaired) electrons. The zero-order chi connectivity index (χ0) is 18.8. The van der Waals surface area contributed by atoms with E-state index < -0.39 is 5.91 Å². The first-order chi connectivity index (χ1) is 13.1. The van der Waals surface area contributed by atoms with Gasteiger partial charge in [0.1, 0.15) is 0 Å². The van der Waals surface area contributed by atoms with Gasteiger partial charge in [-0.2, -0.15) is 5.10 Å². The number of H-pyrrole nitrogens is 1. The van der Waals surface area contributed by atoms with Crippen molar-refractivity contribution < 1.29 is 9.59 Å². The molecule has 0 unspecified atom stereocenters. The molecular weight excluding hydrogens is 342 g/mol. The molecule has 27 heavy (non-hydrogen) atoms. The summed E-state index contributed by atoms with van der Waals surface area (Å²) in [5.41, 5.74) is 8.26. The summed E-state index contributed by atoms with van der Waals surface area (Å²) in [5, 5.41) is 7.98. The van der Waals surface area contributed by atoms with Gasteiger partial charge in [0.2, 0.25) is 5.91 Å². The third-order valence-electron chi connectivity index (χ3n) is 4.95. The number of fused-ring (bicyclic) bond motifs is 1. The minimum Gasteiger partial charge on any atom is -0.366 e. The number of aromatic nitrogens is 2. The Morgan fingerprint density at radius 2 is 1.81 bits per heavy atom. The van der Waals surface area contributed by atoms with Crippen molar-refractivity contribution in [3.05, 3.63) is 65.4 Å². The average molecular weight is 363 g/mol. The van der Waals surface area contributed by atoms with Crippen LogP contribution in [0.25, 0.3) is 10.9 Å². The predicted octanol–water partition coefficient (Wildman–Crippen LogP) is 1.62. The van der Waals surface area contributed by atoms with Gasteiger partial charge in [0.05, 0.1) is 5.52 Å². The third kappa shape index (κ3) is 3.54. The van der Waals surface area contributed by atoms with Crippen molar-refractivity contribution in [3.8, 4) is 0 Å². The monoisotopic (exact) mass is 363 g/mol. The SMILES string of the molecule is NC(=O)c1cccc(CN2CCN(C(=O)c3n[nH]c4ccccc34)CC2)c1. The second-order valence-corrected chi connectivity index (χ2v) is 6.75. The molecule has 1 aliphatic heterocycles. The average Bonchev–Trinajstić information content (AvgIpc) is 3.12. The lowest BCUT2D eigenvalue weighted by molar-refractivity contribution is 0.0624. The fourth-order valence-corrected chi connectivity index (χ4v) is 3.47. The zero-order valence-electron chi connectivity index (χ0n) is 14.9. The van der Waals surface area contributed by atoms with Crippen LogP contribution in [0.15, 0.2) is 48.5 Å². The van der Waals surface area contributed by atoms with Gasteiger partial charge >= 0.3 is 0 Å². The van der Waals surface area contributed by atoms with Gasteiger partial charge in [0.25, 0.3) is 5.91 Å². The number of para-hydroxylation sites is 1. The van der Waals surface area contributed by atoms with Gasteiger partial charge in [-0.05, 0) is 23.8 Å². The summed E-state index contributed by atoms with van der Waals surface area (Å²) >= 11 is 0. The van der Waals surface area contributed by atoms with E-state index in [2.05, 4.69) is 15.1 Å². The maximum Gasteiger partial charge on any atom is 0.275 e. The van der Waals surface area contributed by atoms with Gasteiger partial charge in [0, 0.05) is 43.7 Å². The summed E-state index contributed by atoms with van der Waals surface area (Å²) < 4.78 is 0. The minimum absolute atomic E-state index is 0.0391. The number of amides is 2. The number of carbonyl (C=O) groups excluding carboxylic acids is 2. The number of rotatable bonds is 4. The van der Waals surface area contributed by atoms with Crippen LogP contribution in [-0.4, -0.2) is 58.0 Å². The Bertz CT molecular complexity index is 989. The Hall–Kier alpha value is -3.19. The van der Waals surface area contributed by atoms with E-state index in [-0.39, 0.29) is 5.91 Å². The number of nitrogens with zero attached hydrogens (tertiary/aromatic N) is 3. The Kier molecular flexibility index (Phi) is 4.60. The van der Waals surface area contributed by atoms with E-state index in [0.29, 0.717) is 24.3 Å².